The summed E-state index contributed by atoms with van der Waals surface area (Å²) in [4.78, 5) is 24.8. The third-order valence-corrected chi connectivity index (χ3v) is 2.32. The second-order valence-corrected chi connectivity index (χ2v) is 3.80. The van der Waals surface area contributed by atoms with E-state index in [-0.39, 0.29) is 16.3 Å². The molecule has 1 aromatic carbocycles. The molecular weight excluding hydrogens is 277 g/mol. The fraction of sp³-hybridized carbons (Fsp3) is 0.0833. The summed E-state index contributed by atoms with van der Waals surface area (Å²) < 4.78 is 13.4. The highest BCUT2D eigenvalue weighted by Gasteiger charge is 2.08. The van der Waals surface area contributed by atoms with E-state index in [1.807, 2.05) is 0 Å². The molecule has 19 heavy (non-hydrogen) atoms. The first-order valence-corrected chi connectivity index (χ1v) is 5.43. The van der Waals surface area contributed by atoms with E-state index >= 15 is 0 Å². The summed E-state index contributed by atoms with van der Waals surface area (Å²) in [7, 11) is 0. The largest absolute Gasteiger partial charge is 0.481 e. The van der Waals surface area contributed by atoms with E-state index in [1.165, 1.54) is 12.1 Å². The molecule has 0 aliphatic rings. The smallest absolute Gasteiger partial charge is 0.336 e. The van der Waals surface area contributed by atoms with Gasteiger partial charge in [-0.3, -0.25) is 9.79 Å². The molecule has 1 rings (SSSR count). The number of carboxylic acids is 2. The molecular formula is C12H9ClFNO4. The Labute approximate surface area is 112 Å². The molecule has 0 aliphatic heterocycles. The Bertz CT molecular complexity index is 549. The van der Waals surface area contributed by atoms with E-state index in [1.54, 1.807) is 0 Å². The minimum absolute atomic E-state index is 0.0271. The van der Waals surface area contributed by atoms with E-state index in [9.17, 15) is 14.0 Å². The summed E-state index contributed by atoms with van der Waals surface area (Å²) in [6.45, 7) is 0. The van der Waals surface area contributed by atoms with Crippen LogP contribution >= 0.6 is 11.6 Å². The Hall–Kier alpha value is -2.21. The van der Waals surface area contributed by atoms with Crippen molar-refractivity contribution in [1.82, 2.24) is 0 Å². The lowest BCUT2D eigenvalue weighted by Gasteiger charge is -1.99. The Morgan fingerprint density at radius 1 is 1.37 bits per heavy atom. The third kappa shape index (κ3) is 4.51. The second kappa shape index (κ2) is 6.65. The zero-order valence-corrected chi connectivity index (χ0v) is 10.3. The highest BCUT2D eigenvalue weighted by Crippen LogP contribution is 2.27. The van der Waals surface area contributed by atoms with Gasteiger partial charge in [-0.25, -0.2) is 9.18 Å². The van der Waals surface area contributed by atoms with Crippen molar-refractivity contribution in [1.29, 1.82) is 0 Å². The summed E-state index contributed by atoms with van der Waals surface area (Å²) >= 11 is 5.71. The zero-order valence-electron chi connectivity index (χ0n) is 9.51. The first-order chi connectivity index (χ1) is 8.91. The van der Waals surface area contributed by atoms with Crippen LogP contribution in [-0.2, 0) is 9.59 Å². The van der Waals surface area contributed by atoms with Crippen molar-refractivity contribution in [2.24, 2.45) is 4.99 Å². The molecule has 0 aromatic heterocycles. The number of carbonyl (C=O) groups is 2. The molecule has 0 saturated heterocycles. The van der Waals surface area contributed by atoms with Crippen molar-refractivity contribution in [2.75, 3.05) is 0 Å². The fourth-order valence-electron chi connectivity index (χ4n) is 1.14. The van der Waals surface area contributed by atoms with E-state index in [0.29, 0.717) is 0 Å². The fourth-order valence-corrected chi connectivity index (χ4v) is 1.35. The number of para-hydroxylation sites is 1. The van der Waals surface area contributed by atoms with Crippen LogP contribution < -0.4 is 0 Å². The predicted molar refractivity (Wildman–Crippen MR) is 67.5 cm³/mol. The molecule has 2 N–H and O–H groups in total. The van der Waals surface area contributed by atoms with Gasteiger partial charge < -0.3 is 10.2 Å². The molecule has 0 heterocycles. The number of aliphatic imine (C=N–C) groups is 1. The lowest BCUT2D eigenvalue weighted by atomic mass is 10.2. The van der Waals surface area contributed by atoms with Crippen LogP contribution in [0.4, 0.5) is 10.1 Å². The average molecular weight is 286 g/mol. The standard InChI is InChI=1S/C12H9ClFNO4/c13-8-2-1-3-9(14)11(8)15-6-7(12(18)19)4-5-10(16)17/h1-4,6H,5H2,(H,16,17)(H,18,19). The molecule has 0 atom stereocenters. The Morgan fingerprint density at radius 2 is 2.05 bits per heavy atom. The average Bonchev–Trinajstić information content (AvgIpc) is 2.31. The van der Waals surface area contributed by atoms with E-state index in [4.69, 9.17) is 21.8 Å². The Kier molecular flexibility index (Phi) is 5.20. The lowest BCUT2D eigenvalue weighted by molar-refractivity contribution is -0.136. The zero-order chi connectivity index (χ0) is 14.4. The minimum atomic E-state index is -1.36. The molecule has 0 spiro atoms. The minimum Gasteiger partial charge on any atom is -0.481 e. The van der Waals surface area contributed by atoms with Crippen LogP contribution in [0.1, 0.15) is 6.42 Å². The molecule has 0 saturated carbocycles. The van der Waals surface area contributed by atoms with Crippen LogP contribution in [0.2, 0.25) is 5.02 Å². The van der Waals surface area contributed by atoms with Crippen molar-refractivity contribution < 1.29 is 24.2 Å². The number of carboxylic acid groups (broad SMARTS) is 2. The highest BCUT2D eigenvalue weighted by atomic mass is 35.5. The molecule has 1 aromatic rings. The van der Waals surface area contributed by atoms with Gasteiger partial charge in [-0.15, -0.1) is 0 Å². The molecule has 0 bridgehead atoms. The van der Waals surface area contributed by atoms with Crippen LogP contribution in [0, 0.1) is 5.82 Å². The number of aliphatic carboxylic acids is 2. The van der Waals surface area contributed by atoms with E-state index in [2.05, 4.69) is 4.99 Å². The monoisotopic (exact) mass is 285 g/mol. The van der Waals surface area contributed by atoms with Gasteiger partial charge in [0.15, 0.2) is 0 Å². The van der Waals surface area contributed by atoms with Crippen LogP contribution in [0.3, 0.4) is 0 Å². The first kappa shape index (κ1) is 14.8. The number of hydrogen-bond acceptors (Lipinski definition) is 3. The summed E-state index contributed by atoms with van der Waals surface area (Å²) in [6.07, 6.45) is 1.34. The van der Waals surface area contributed by atoms with Gasteiger partial charge in [0.2, 0.25) is 0 Å². The van der Waals surface area contributed by atoms with Crippen LogP contribution in [-0.4, -0.2) is 28.4 Å². The molecule has 7 heteroatoms. The summed E-state index contributed by atoms with van der Waals surface area (Å²) in [6, 6.07) is 3.91. The summed E-state index contributed by atoms with van der Waals surface area (Å²) in [5.74, 6) is -3.25. The maximum Gasteiger partial charge on any atom is 0.336 e. The normalized spacial score (nSPS) is 11.8. The van der Waals surface area contributed by atoms with Crippen molar-refractivity contribution in [3.8, 4) is 0 Å². The van der Waals surface area contributed by atoms with E-state index < -0.39 is 24.2 Å². The van der Waals surface area contributed by atoms with Crippen molar-refractivity contribution in [2.45, 2.75) is 6.42 Å². The lowest BCUT2D eigenvalue weighted by Crippen LogP contribution is -2.03. The first-order valence-electron chi connectivity index (χ1n) is 5.05. The number of nitrogens with zero attached hydrogens (tertiary/aromatic N) is 1. The number of rotatable bonds is 5. The predicted octanol–water partition coefficient (Wildman–Crippen LogP) is 2.67. The molecule has 0 radical (unpaired) electrons. The quantitative estimate of drug-likeness (QED) is 0.643. The third-order valence-electron chi connectivity index (χ3n) is 2.01. The van der Waals surface area contributed by atoms with Gasteiger partial charge >= 0.3 is 11.9 Å². The number of halogens is 2. The van der Waals surface area contributed by atoms with Gasteiger partial charge in [0.25, 0.3) is 0 Å². The van der Waals surface area contributed by atoms with Crippen molar-refractivity contribution in [3.05, 3.63) is 40.7 Å². The maximum absolute atomic E-state index is 13.4. The van der Waals surface area contributed by atoms with Gasteiger partial charge in [0.1, 0.15) is 11.5 Å². The topological polar surface area (TPSA) is 87.0 Å². The summed E-state index contributed by atoms with van der Waals surface area (Å²) in [5.41, 5.74) is -0.562. The molecule has 5 nitrogen and oxygen atoms in total. The maximum atomic E-state index is 13.4. The van der Waals surface area contributed by atoms with Crippen molar-refractivity contribution >= 4 is 35.4 Å². The number of benzene rings is 1. The molecule has 0 unspecified atom stereocenters. The summed E-state index contributed by atoms with van der Waals surface area (Å²) in [5, 5.41) is 17.3. The Morgan fingerprint density at radius 3 is 2.58 bits per heavy atom. The van der Waals surface area contributed by atoms with Gasteiger partial charge in [-0.2, -0.15) is 0 Å². The van der Waals surface area contributed by atoms with Gasteiger partial charge in [-0.1, -0.05) is 23.7 Å². The highest BCUT2D eigenvalue weighted by molar-refractivity contribution is 6.33. The van der Waals surface area contributed by atoms with Crippen LogP contribution in [0.25, 0.3) is 0 Å². The molecule has 100 valence electrons. The Balaban J connectivity index is 3.03. The van der Waals surface area contributed by atoms with Crippen LogP contribution in [0.15, 0.2) is 34.8 Å². The van der Waals surface area contributed by atoms with Gasteiger partial charge in [-0.05, 0) is 12.1 Å². The second-order valence-electron chi connectivity index (χ2n) is 3.39. The van der Waals surface area contributed by atoms with Crippen LogP contribution in [0.5, 0.6) is 0 Å². The number of hydrogen-bond donors (Lipinski definition) is 2. The van der Waals surface area contributed by atoms with Gasteiger partial charge in [0.05, 0.1) is 17.0 Å². The molecule has 0 fully saturated rings. The van der Waals surface area contributed by atoms with Crippen molar-refractivity contribution in [3.63, 3.8) is 0 Å². The van der Waals surface area contributed by atoms with E-state index in [0.717, 1.165) is 18.4 Å². The SMILES string of the molecule is O=C(O)CC=C(C=Nc1c(F)cccc1Cl)C(=O)O. The van der Waals surface area contributed by atoms with Gasteiger partial charge in [0, 0.05) is 6.21 Å². The molecule has 0 amide bonds. The molecule has 0 aliphatic carbocycles.